The van der Waals surface area contributed by atoms with Crippen molar-refractivity contribution < 1.29 is 85.3 Å². The molecule has 0 heterocycles. The summed E-state index contributed by atoms with van der Waals surface area (Å²) in [7, 11) is 0. The van der Waals surface area contributed by atoms with Crippen molar-refractivity contribution in [2.45, 2.75) is 53.9 Å². The predicted octanol–water partition coefficient (Wildman–Crippen LogP) is 16.9. The highest BCUT2D eigenvalue weighted by atomic mass is 19.1. The number of carbonyl (C=O) groups is 7. The maximum Gasteiger partial charge on any atom is 0.338 e. The van der Waals surface area contributed by atoms with Crippen molar-refractivity contribution in [1.82, 2.24) is 0 Å². The first kappa shape index (κ1) is 73.4. The molecule has 6 aromatic rings. The lowest BCUT2D eigenvalue weighted by molar-refractivity contribution is -0.135. The maximum absolute atomic E-state index is 15.5. The van der Waals surface area contributed by atoms with Gasteiger partial charge in [-0.2, -0.15) is 0 Å². The maximum atomic E-state index is 15.5. The fourth-order valence-corrected chi connectivity index (χ4v) is 8.22. The summed E-state index contributed by atoms with van der Waals surface area (Å²) >= 11 is 0. The van der Waals surface area contributed by atoms with Crippen molar-refractivity contribution in [3.8, 4) is 73.6 Å². The molecule has 1 atom stereocenters. The highest BCUT2D eigenvalue weighted by Gasteiger charge is 2.26. The molecule has 97 heavy (non-hydrogen) atoms. The molecule has 18 heteroatoms. The zero-order chi connectivity index (χ0) is 71.0. The summed E-state index contributed by atoms with van der Waals surface area (Å²) in [4.78, 5) is 82.9. The van der Waals surface area contributed by atoms with Crippen LogP contribution in [0.1, 0.15) is 58.6 Å². The molecule has 0 aliphatic heterocycles. The Hall–Kier alpha value is -12.7. The van der Waals surface area contributed by atoms with Crippen molar-refractivity contribution in [1.29, 1.82) is 0 Å². The lowest BCUT2D eigenvalue weighted by atomic mass is 9.79. The van der Waals surface area contributed by atoms with E-state index in [1.54, 1.807) is 38.1 Å². The summed E-state index contributed by atoms with van der Waals surface area (Å²) in [6.45, 7) is 40.9. The van der Waals surface area contributed by atoms with Crippen LogP contribution in [0.25, 0.3) is 33.4 Å². The second-order valence-electron chi connectivity index (χ2n) is 21.4. The van der Waals surface area contributed by atoms with Gasteiger partial charge in [-0.25, -0.2) is 38.0 Å². The molecule has 0 amide bonds. The van der Waals surface area contributed by atoms with Gasteiger partial charge < -0.3 is 47.4 Å². The minimum Gasteiger partial charge on any atom is -0.462 e. The van der Waals surface area contributed by atoms with Crippen LogP contribution in [0, 0.1) is 5.82 Å². The molecular formula is C79H69FO17. The Bertz CT molecular complexity index is 4280. The normalized spacial score (nSPS) is 12.2. The van der Waals surface area contributed by atoms with E-state index in [0.717, 1.165) is 40.2 Å². The Kier molecular flexibility index (Phi) is 26.3. The third kappa shape index (κ3) is 21.7. The Morgan fingerprint density at radius 1 is 0.433 bits per heavy atom. The number of benzene rings is 6. The van der Waals surface area contributed by atoms with E-state index in [9.17, 15) is 33.6 Å². The molecule has 17 nitrogen and oxygen atoms in total. The van der Waals surface area contributed by atoms with Gasteiger partial charge in [0.2, 0.25) is 0 Å². The van der Waals surface area contributed by atoms with E-state index < -0.39 is 47.6 Å². The number of halogens is 1. The first-order chi connectivity index (χ1) is 46.1. The molecule has 494 valence electrons. The van der Waals surface area contributed by atoms with Crippen LogP contribution in [0.3, 0.4) is 0 Å². The van der Waals surface area contributed by atoms with Crippen LogP contribution in [-0.4, -0.2) is 41.8 Å². The van der Waals surface area contributed by atoms with Gasteiger partial charge in [0, 0.05) is 51.0 Å². The van der Waals surface area contributed by atoms with Gasteiger partial charge in [0.15, 0.2) is 23.0 Å². The molecule has 0 N–H and O–H groups in total. The predicted molar refractivity (Wildman–Crippen MR) is 367 cm³/mol. The summed E-state index contributed by atoms with van der Waals surface area (Å²) in [5, 5.41) is 0. The molecule has 0 saturated heterocycles. The van der Waals surface area contributed by atoms with Gasteiger partial charge >= 0.3 is 41.8 Å². The van der Waals surface area contributed by atoms with Crippen LogP contribution in [0.2, 0.25) is 0 Å². The Balaban J connectivity index is 0.000000240. The summed E-state index contributed by atoms with van der Waals surface area (Å²) in [6.07, 6.45) is 16.3. The van der Waals surface area contributed by atoms with Crippen LogP contribution in [-0.2, 0) is 54.2 Å². The van der Waals surface area contributed by atoms with E-state index in [0.29, 0.717) is 63.0 Å². The van der Waals surface area contributed by atoms with E-state index in [4.69, 9.17) is 42.6 Å². The van der Waals surface area contributed by atoms with Gasteiger partial charge in [-0.15, -0.1) is 0 Å². The van der Waals surface area contributed by atoms with Gasteiger partial charge in [-0.3, -0.25) is 0 Å². The van der Waals surface area contributed by atoms with Gasteiger partial charge in [0.1, 0.15) is 59.6 Å². The van der Waals surface area contributed by atoms with Crippen molar-refractivity contribution in [2.24, 2.45) is 0 Å². The summed E-state index contributed by atoms with van der Waals surface area (Å²) in [5.41, 5.74) is 7.91. The minimum atomic E-state index is -0.763. The first-order valence-corrected chi connectivity index (χ1v) is 29.4. The highest BCUT2D eigenvalue weighted by Crippen LogP contribution is 2.41. The number of allylic oxidation sites excluding steroid dienone is 6. The molecule has 0 radical (unpaired) electrons. The Labute approximate surface area is 561 Å². The average molecular weight is 1310 g/mol. The minimum absolute atomic E-state index is 0.0345. The van der Waals surface area contributed by atoms with E-state index in [2.05, 4.69) is 70.0 Å². The number of rotatable bonds is 24. The van der Waals surface area contributed by atoms with E-state index in [1.807, 2.05) is 72.8 Å². The van der Waals surface area contributed by atoms with Crippen LogP contribution < -0.4 is 33.2 Å². The molecule has 2 aliphatic rings. The number of esters is 7. The standard InChI is InChI=1S/C34H29FO8.C23H20O5.C22H20O4/c1-18(2)31(36)40-27-13-10-23(16-29(27)42-33(38)20(5)6)22-9-12-25(26(35)15-22)24-11-14-28(41-32(37)19(3)4)30(17-24)43-34(39)21(7)8;1-4-18(3)25-14-15-26-21-10-6-19(7-11-21)20-8-12-22(13-9-20)27-16-17-28-23(24)5-2;1-13(2)21(23)25-17-7-9-19-15(11-17)5-6-16-12-18(8-10-20(16)19)26-22(24)14(3)4/h9-17H,1,3,5,7H2,2,4,6,8H3;4-17H,1-3H2;5,7-12,19H,1,3,6H2,2,4H3/b;15-14-,17-16-;. The molecule has 1 unspecified atom stereocenters. The average Bonchev–Trinajstić information content (AvgIpc) is 2.09. The molecular weight excluding hydrogens is 1240 g/mol. The van der Waals surface area contributed by atoms with Crippen molar-refractivity contribution in [3.63, 3.8) is 0 Å². The molecule has 0 aromatic heterocycles. The SMILES string of the molecule is C=C(C)C(=O)OC1=CC2=CCc3cc(OC(=O)C(=C)C)ccc3C2C=C1.C=C(C)C(=O)Oc1ccc(-c2ccc(-c3ccc(OC(=O)C(=C)C)c(OC(=O)C(=C)C)c3)c(F)c2)cc1OC(=O)C(=C)C.C=CC(=C)O/C=C\Oc1ccc(-c2ccc(O/C=C\OC(=O)C=C)cc2)cc1. The van der Waals surface area contributed by atoms with E-state index in [-0.39, 0.29) is 56.8 Å². The quantitative estimate of drug-likeness (QED) is 0.0181. The second-order valence-corrected chi connectivity index (χ2v) is 21.4. The van der Waals surface area contributed by atoms with Crippen molar-refractivity contribution in [3.05, 3.63) is 310 Å². The monoisotopic (exact) mass is 1310 g/mol. The topological polar surface area (TPSA) is 212 Å². The zero-order valence-electron chi connectivity index (χ0n) is 54.3. The molecule has 0 saturated carbocycles. The fraction of sp³-hybridized carbons (Fsp3) is 0.101. The van der Waals surface area contributed by atoms with Crippen molar-refractivity contribution in [2.75, 3.05) is 0 Å². The Morgan fingerprint density at radius 2 is 0.856 bits per heavy atom. The van der Waals surface area contributed by atoms with Crippen LogP contribution in [0.15, 0.2) is 293 Å². The third-order valence-electron chi connectivity index (χ3n) is 13.3. The van der Waals surface area contributed by atoms with E-state index >= 15 is 4.39 Å². The number of hydrogen-bond donors (Lipinski definition) is 0. The van der Waals surface area contributed by atoms with Crippen LogP contribution in [0.5, 0.6) is 40.2 Å². The zero-order valence-corrected chi connectivity index (χ0v) is 54.3. The number of hydrogen-bond acceptors (Lipinski definition) is 17. The number of ether oxygens (including phenoxy) is 10. The van der Waals surface area contributed by atoms with Gasteiger partial charge in [-0.05, 0) is 177 Å². The first-order valence-electron chi connectivity index (χ1n) is 29.4. The highest BCUT2D eigenvalue weighted by molar-refractivity contribution is 5.93. The summed E-state index contributed by atoms with van der Waals surface area (Å²) < 4.78 is 68.0. The largest absolute Gasteiger partial charge is 0.462 e. The summed E-state index contributed by atoms with van der Waals surface area (Å²) in [6, 6.07) is 33.7. The van der Waals surface area contributed by atoms with E-state index in [1.165, 1.54) is 95.0 Å². The van der Waals surface area contributed by atoms with Crippen molar-refractivity contribution >= 4 is 41.8 Å². The van der Waals surface area contributed by atoms with Crippen LogP contribution >= 0.6 is 0 Å². The van der Waals surface area contributed by atoms with Crippen LogP contribution in [0.4, 0.5) is 4.39 Å². The lowest BCUT2D eigenvalue weighted by Gasteiger charge is -2.26. The molecule has 0 bridgehead atoms. The third-order valence-corrected chi connectivity index (χ3v) is 13.3. The van der Waals surface area contributed by atoms with Gasteiger partial charge in [0.05, 0.1) is 0 Å². The van der Waals surface area contributed by atoms with Gasteiger partial charge in [-0.1, -0.05) is 126 Å². The lowest BCUT2D eigenvalue weighted by Crippen LogP contribution is -2.14. The summed E-state index contributed by atoms with van der Waals surface area (Å²) in [5.74, 6) is -2.45. The molecule has 0 spiro atoms. The second kappa shape index (κ2) is 34.8. The number of fused-ring (bicyclic) bond motifs is 3. The van der Waals surface area contributed by atoms with Gasteiger partial charge in [0.25, 0.3) is 0 Å². The molecule has 2 aliphatic carbocycles. The molecule has 6 aromatic carbocycles. The smallest absolute Gasteiger partial charge is 0.338 e. The Morgan fingerprint density at radius 3 is 1.34 bits per heavy atom. The fourth-order valence-electron chi connectivity index (χ4n) is 8.22. The molecule has 0 fully saturated rings. The molecule has 8 rings (SSSR count). The number of carbonyl (C=O) groups excluding carboxylic acids is 7.